The van der Waals surface area contributed by atoms with Crippen molar-refractivity contribution in [2.75, 3.05) is 51.3 Å². The van der Waals surface area contributed by atoms with Crippen molar-refractivity contribution >= 4 is 44.3 Å². The molecule has 0 aliphatic carbocycles. The molecule has 2 saturated heterocycles. The fourth-order valence-corrected chi connectivity index (χ4v) is 4.89. The number of rotatable bonds is 2. The largest absolute Gasteiger partial charge is 0.378 e. The fourth-order valence-electron chi connectivity index (χ4n) is 3.60. The molecule has 2 aromatic rings. The first kappa shape index (κ1) is 17.8. The predicted octanol–water partition coefficient (Wildman–Crippen LogP) is 3.30. The molecule has 1 aromatic heterocycles. The first-order chi connectivity index (χ1) is 12.6. The van der Waals surface area contributed by atoms with Gasteiger partial charge in [-0.05, 0) is 31.0 Å². The molecule has 2 aliphatic rings. The lowest BCUT2D eigenvalue weighted by atomic mass is 10.0. The standard InChI is InChI=1S/C18H23ClN4O2S/c1-21(18(24)23-8-10-25-11-9-23)14-4-6-22(7-5-14)17-20-15-3-2-13(19)12-16(15)26-17/h2-3,12,14H,4-11H2,1H3. The van der Waals surface area contributed by atoms with Crippen LogP contribution >= 0.6 is 22.9 Å². The van der Waals surface area contributed by atoms with Crippen LogP contribution in [0.25, 0.3) is 10.2 Å². The smallest absolute Gasteiger partial charge is 0.320 e. The first-order valence-electron chi connectivity index (χ1n) is 9.02. The van der Waals surface area contributed by atoms with E-state index < -0.39 is 0 Å². The molecule has 0 atom stereocenters. The van der Waals surface area contributed by atoms with E-state index in [4.69, 9.17) is 21.3 Å². The number of benzene rings is 1. The van der Waals surface area contributed by atoms with Crippen LogP contribution in [-0.2, 0) is 4.74 Å². The molecule has 3 heterocycles. The quantitative estimate of drug-likeness (QED) is 0.784. The zero-order valence-corrected chi connectivity index (χ0v) is 16.4. The van der Waals surface area contributed by atoms with Crippen molar-refractivity contribution in [2.45, 2.75) is 18.9 Å². The number of thiazole rings is 1. The summed E-state index contributed by atoms with van der Waals surface area (Å²) in [7, 11) is 1.93. The van der Waals surface area contributed by atoms with E-state index in [0.717, 1.165) is 46.3 Å². The number of hydrogen-bond acceptors (Lipinski definition) is 5. The van der Waals surface area contributed by atoms with Gasteiger partial charge in [0.15, 0.2) is 5.13 Å². The molecule has 0 N–H and O–H groups in total. The van der Waals surface area contributed by atoms with Crippen molar-refractivity contribution in [3.8, 4) is 0 Å². The zero-order chi connectivity index (χ0) is 18.1. The predicted molar refractivity (Wildman–Crippen MR) is 105 cm³/mol. The molecule has 1 aromatic carbocycles. The average molecular weight is 395 g/mol. The van der Waals surface area contributed by atoms with Crippen LogP contribution in [0, 0.1) is 0 Å². The van der Waals surface area contributed by atoms with E-state index in [2.05, 4.69) is 4.90 Å². The van der Waals surface area contributed by atoms with Gasteiger partial charge in [0.2, 0.25) is 0 Å². The Morgan fingerprint density at radius 1 is 1.27 bits per heavy atom. The molecule has 0 spiro atoms. The molecule has 4 rings (SSSR count). The van der Waals surface area contributed by atoms with Crippen molar-refractivity contribution in [2.24, 2.45) is 0 Å². The van der Waals surface area contributed by atoms with Gasteiger partial charge in [-0.2, -0.15) is 0 Å². The van der Waals surface area contributed by atoms with Crippen LogP contribution in [0.1, 0.15) is 12.8 Å². The van der Waals surface area contributed by atoms with Crippen molar-refractivity contribution in [3.05, 3.63) is 23.2 Å². The van der Waals surface area contributed by atoms with Crippen LogP contribution in [-0.4, -0.2) is 73.3 Å². The monoisotopic (exact) mass is 394 g/mol. The Hall–Kier alpha value is -1.57. The van der Waals surface area contributed by atoms with Gasteiger partial charge in [-0.3, -0.25) is 0 Å². The summed E-state index contributed by atoms with van der Waals surface area (Å²) in [5, 5.41) is 1.79. The van der Waals surface area contributed by atoms with Crippen molar-refractivity contribution < 1.29 is 9.53 Å². The Balaban J connectivity index is 1.37. The second-order valence-electron chi connectivity index (χ2n) is 6.82. The number of carbonyl (C=O) groups excluding carboxylic acids is 1. The fraction of sp³-hybridized carbons (Fsp3) is 0.556. The highest BCUT2D eigenvalue weighted by atomic mass is 35.5. The minimum absolute atomic E-state index is 0.126. The summed E-state index contributed by atoms with van der Waals surface area (Å²) in [6, 6.07) is 6.23. The number of halogens is 1. The third-order valence-corrected chi connectivity index (χ3v) is 6.52. The number of ether oxygens (including phenoxy) is 1. The number of carbonyl (C=O) groups is 1. The molecule has 0 unspecified atom stereocenters. The molecule has 2 amide bonds. The maximum Gasteiger partial charge on any atom is 0.320 e. The minimum atomic E-state index is 0.126. The number of piperidine rings is 1. The number of aromatic nitrogens is 1. The second-order valence-corrected chi connectivity index (χ2v) is 8.27. The average Bonchev–Trinajstić information content (AvgIpc) is 3.11. The molecule has 140 valence electrons. The third-order valence-electron chi connectivity index (χ3n) is 5.21. The van der Waals surface area contributed by atoms with Crippen LogP contribution in [0.15, 0.2) is 18.2 Å². The molecule has 0 saturated carbocycles. The Morgan fingerprint density at radius 2 is 2.00 bits per heavy atom. The van der Waals surface area contributed by atoms with Gasteiger partial charge in [0.1, 0.15) is 0 Å². The number of morpholine rings is 1. The van der Waals surface area contributed by atoms with Gasteiger partial charge < -0.3 is 19.4 Å². The van der Waals surface area contributed by atoms with Crippen molar-refractivity contribution in [1.29, 1.82) is 0 Å². The Labute approximate surface area is 162 Å². The number of anilines is 1. The lowest BCUT2D eigenvalue weighted by Crippen LogP contribution is -2.52. The Bertz CT molecular complexity index is 785. The van der Waals surface area contributed by atoms with Gasteiger partial charge in [-0.25, -0.2) is 9.78 Å². The topological polar surface area (TPSA) is 48.9 Å². The normalized spacial score (nSPS) is 19.2. The van der Waals surface area contributed by atoms with E-state index in [1.807, 2.05) is 35.0 Å². The van der Waals surface area contributed by atoms with E-state index >= 15 is 0 Å². The Kier molecular flexibility index (Phi) is 5.20. The number of nitrogens with zero attached hydrogens (tertiary/aromatic N) is 4. The van der Waals surface area contributed by atoms with E-state index in [0.29, 0.717) is 26.3 Å². The van der Waals surface area contributed by atoms with Gasteiger partial charge >= 0.3 is 6.03 Å². The lowest BCUT2D eigenvalue weighted by molar-refractivity contribution is 0.0409. The number of hydrogen-bond donors (Lipinski definition) is 0. The maximum atomic E-state index is 12.7. The lowest BCUT2D eigenvalue weighted by Gasteiger charge is -2.39. The van der Waals surface area contributed by atoms with Gasteiger partial charge in [-0.1, -0.05) is 22.9 Å². The summed E-state index contributed by atoms with van der Waals surface area (Å²) < 4.78 is 6.46. The van der Waals surface area contributed by atoms with Crippen LogP contribution in [0.3, 0.4) is 0 Å². The Morgan fingerprint density at radius 3 is 2.73 bits per heavy atom. The highest BCUT2D eigenvalue weighted by Gasteiger charge is 2.29. The van der Waals surface area contributed by atoms with Crippen LogP contribution in [0.5, 0.6) is 0 Å². The van der Waals surface area contributed by atoms with E-state index in [-0.39, 0.29) is 12.1 Å². The van der Waals surface area contributed by atoms with Crippen molar-refractivity contribution in [3.63, 3.8) is 0 Å². The summed E-state index contributed by atoms with van der Waals surface area (Å²) in [4.78, 5) is 23.5. The SMILES string of the molecule is CN(C(=O)N1CCOCC1)C1CCN(c2nc3ccc(Cl)cc3s2)CC1. The molecular formula is C18H23ClN4O2S. The number of amides is 2. The number of urea groups is 1. The first-order valence-corrected chi connectivity index (χ1v) is 10.2. The van der Waals surface area contributed by atoms with E-state index in [9.17, 15) is 4.79 Å². The summed E-state index contributed by atoms with van der Waals surface area (Å²) in [6.45, 7) is 4.49. The third kappa shape index (κ3) is 3.61. The zero-order valence-electron chi connectivity index (χ0n) is 14.9. The van der Waals surface area contributed by atoms with Crippen molar-refractivity contribution in [1.82, 2.24) is 14.8 Å². The summed E-state index contributed by atoms with van der Waals surface area (Å²) in [5.41, 5.74) is 0.996. The molecule has 26 heavy (non-hydrogen) atoms. The van der Waals surface area contributed by atoms with E-state index in [1.54, 1.807) is 11.3 Å². The van der Waals surface area contributed by atoms with Crippen LogP contribution in [0.4, 0.5) is 9.93 Å². The molecule has 8 heteroatoms. The highest BCUT2D eigenvalue weighted by molar-refractivity contribution is 7.22. The van der Waals surface area contributed by atoms with Gasteiger partial charge in [0, 0.05) is 44.3 Å². The maximum absolute atomic E-state index is 12.7. The van der Waals surface area contributed by atoms with Gasteiger partial charge in [-0.15, -0.1) is 0 Å². The molecule has 2 fully saturated rings. The molecule has 2 aliphatic heterocycles. The summed E-state index contributed by atoms with van der Waals surface area (Å²) in [6.07, 6.45) is 1.92. The van der Waals surface area contributed by atoms with Gasteiger partial charge in [0.05, 0.1) is 23.4 Å². The summed E-state index contributed by atoms with van der Waals surface area (Å²) >= 11 is 7.76. The second kappa shape index (κ2) is 7.58. The molecule has 0 radical (unpaired) electrons. The summed E-state index contributed by atoms with van der Waals surface area (Å²) in [5.74, 6) is 0. The van der Waals surface area contributed by atoms with Crippen LogP contribution in [0.2, 0.25) is 5.02 Å². The van der Waals surface area contributed by atoms with E-state index in [1.165, 1.54) is 0 Å². The highest BCUT2D eigenvalue weighted by Crippen LogP contribution is 2.32. The number of fused-ring (bicyclic) bond motifs is 1. The van der Waals surface area contributed by atoms with Crippen LogP contribution < -0.4 is 4.90 Å². The minimum Gasteiger partial charge on any atom is -0.378 e. The molecule has 6 nitrogen and oxygen atoms in total. The molecule has 0 bridgehead atoms. The molecular weight excluding hydrogens is 372 g/mol. The van der Waals surface area contributed by atoms with Gasteiger partial charge in [0.25, 0.3) is 0 Å².